The molecule has 2 bridgehead atoms. The molecule has 0 radical (unpaired) electrons. The van der Waals surface area contributed by atoms with Crippen LogP contribution in [0.2, 0.25) is 0 Å². The van der Waals surface area contributed by atoms with Crippen LogP contribution in [-0.4, -0.2) is 39.1 Å². The number of nitrogens with one attached hydrogen (secondary N) is 1. The van der Waals surface area contributed by atoms with Gasteiger partial charge in [-0.05, 0) is 26.2 Å². The molecule has 2 amide bonds. The molecule has 3 heterocycles. The predicted molar refractivity (Wildman–Crippen MR) is 73.5 cm³/mol. The summed E-state index contributed by atoms with van der Waals surface area (Å²) in [6.07, 6.45) is 2.30. The van der Waals surface area contributed by atoms with E-state index in [-0.39, 0.29) is 18.1 Å². The summed E-state index contributed by atoms with van der Waals surface area (Å²) in [7, 11) is 0. The summed E-state index contributed by atoms with van der Waals surface area (Å²) in [5.74, 6) is -1.19. The van der Waals surface area contributed by atoms with Gasteiger partial charge in [0.25, 0.3) is 0 Å². The van der Waals surface area contributed by atoms with Gasteiger partial charge in [-0.25, -0.2) is 9.78 Å². The van der Waals surface area contributed by atoms with Crippen LogP contribution >= 0.6 is 11.3 Å². The number of fused-ring (bicyclic) bond motifs is 2. The Morgan fingerprint density at radius 2 is 2.35 bits per heavy atom. The Bertz CT molecular complexity index is 545. The van der Waals surface area contributed by atoms with Gasteiger partial charge in [0.1, 0.15) is 5.01 Å². The maximum atomic E-state index is 12.3. The molecule has 3 rings (SSSR count). The van der Waals surface area contributed by atoms with Crippen molar-refractivity contribution in [2.24, 2.45) is 5.92 Å². The molecule has 2 fully saturated rings. The molecule has 0 aliphatic carbocycles. The topological polar surface area (TPSA) is 82.5 Å². The molecule has 2 aliphatic rings. The molecule has 1 aromatic heterocycles. The highest BCUT2D eigenvalue weighted by Gasteiger charge is 2.51. The molecule has 3 unspecified atom stereocenters. The van der Waals surface area contributed by atoms with Gasteiger partial charge in [-0.2, -0.15) is 0 Å². The van der Waals surface area contributed by atoms with Gasteiger partial charge >= 0.3 is 12.0 Å². The quantitative estimate of drug-likeness (QED) is 0.887. The van der Waals surface area contributed by atoms with Crippen LogP contribution in [-0.2, 0) is 11.3 Å². The number of hydrogen-bond donors (Lipinski definition) is 2. The van der Waals surface area contributed by atoms with Crippen molar-refractivity contribution >= 4 is 23.3 Å². The zero-order valence-corrected chi connectivity index (χ0v) is 12.0. The number of rotatable bonds is 3. The zero-order chi connectivity index (χ0) is 14.3. The number of carboxylic acids is 1. The van der Waals surface area contributed by atoms with Gasteiger partial charge in [0.15, 0.2) is 0 Å². The SMILES string of the molecule is Cc1csc(CNC(=O)N2C3CCC2C(C(=O)O)C3)n1. The second kappa shape index (κ2) is 5.05. The van der Waals surface area contributed by atoms with Crippen LogP contribution in [0.4, 0.5) is 4.79 Å². The third-order valence-corrected chi connectivity index (χ3v) is 5.11. The maximum absolute atomic E-state index is 12.3. The summed E-state index contributed by atoms with van der Waals surface area (Å²) < 4.78 is 0. The van der Waals surface area contributed by atoms with Gasteiger partial charge in [-0.1, -0.05) is 0 Å². The Kier molecular flexibility index (Phi) is 3.37. The largest absolute Gasteiger partial charge is 0.481 e. The van der Waals surface area contributed by atoms with Crippen LogP contribution in [0, 0.1) is 12.8 Å². The first-order chi connectivity index (χ1) is 9.56. The van der Waals surface area contributed by atoms with Gasteiger partial charge in [0.05, 0.1) is 12.5 Å². The van der Waals surface area contributed by atoms with Crippen molar-refractivity contribution < 1.29 is 14.7 Å². The van der Waals surface area contributed by atoms with Gasteiger partial charge in [0.2, 0.25) is 0 Å². The Labute approximate surface area is 120 Å². The van der Waals surface area contributed by atoms with Gasteiger partial charge in [0, 0.05) is 23.2 Å². The van der Waals surface area contributed by atoms with E-state index in [0.717, 1.165) is 23.5 Å². The van der Waals surface area contributed by atoms with E-state index in [1.54, 1.807) is 4.90 Å². The molecule has 6 nitrogen and oxygen atoms in total. The molecule has 20 heavy (non-hydrogen) atoms. The number of amides is 2. The lowest BCUT2D eigenvalue weighted by Gasteiger charge is -2.23. The highest BCUT2D eigenvalue weighted by atomic mass is 32.1. The molecule has 3 atom stereocenters. The van der Waals surface area contributed by atoms with E-state index in [1.807, 2.05) is 12.3 Å². The lowest BCUT2D eigenvalue weighted by Crippen LogP contribution is -2.44. The highest BCUT2D eigenvalue weighted by Crippen LogP contribution is 2.41. The van der Waals surface area contributed by atoms with Crippen molar-refractivity contribution in [2.45, 2.75) is 44.8 Å². The number of urea groups is 1. The Balaban J connectivity index is 1.62. The Morgan fingerprint density at radius 1 is 1.55 bits per heavy atom. The predicted octanol–water partition coefficient (Wildman–Crippen LogP) is 1.60. The fourth-order valence-electron chi connectivity index (χ4n) is 3.30. The first kappa shape index (κ1) is 13.4. The van der Waals surface area contributed by atoms with E-state index in [1.165, 1.54) is 11.3 Å². The van der Waals surface area contributed by atoms with Gasteiger partial charge < -0.3 is 15.3 Å². The van der Waals surface area contributed by atoms with E-state index in [0.29, 0.717) is 13.0 Å². The summed E-state index contributed by atoms with van der Waals surface area (Å²) >= 11 is 1.52. The first-order valence-electron chi connectivity index (χ1n) is 6.76. The maximum Gasteiger partial charge on any atom is 0.318 e. The summed E-state index contributed by atoms with van der Waals surface area (Å²) in [5.41, 5.74) is 0.950. The molecule has 0 spiro atoms. The van der Waals surface area contributed by atoms with Crippen LogP contribution in [0.15, 0.2) is 5.38 Å². The molecule has 2 saturated heterocycles. The minimum Gasteiger partial charge on any atom is -0.481 e. The summed E-state index contributed by atoms with van der Waals surface area (Å²) in [4.78, 5) is 29.5. The zero-order valence-electron chi connectivity index (χ0n) is 11.2. The van der Waals surface area contributed by atoms with Gasteiger partial charge in [-0.15, -0.1) is 11.3 Å². The molecular formula is C13H17N3O3S. The molecule has 0 aromatic carbocycles. The smallest absolute Gasteiger partial charge is 0.318 e. The second-order valence-electron chi connectivity index (χ2n) is 5.43. The average molecular weight is 295 g/mol. The monoisotopic (exact) mass is 295 g/mol. The molecule has 2 aliphatic heterocycles. The lowest BCUT2D eigenvalue weighted by molar-refractivity contribution is -0.142. The van der Waals surface area contributed by atoms with Crippen molar-refractivity contribution in [3.63, 3.8) is 0 Å². The number of carbonyl (C=O) groups is 2. The molecule has 2 N–H and O–H groups in total. The second-order valence-corrected chi connectivity index (χ2v) is 6.37. The number of aryl methyl sites for hydroxylation is 1. The first-order valence-corrected chi connectivity index (χ1v) is 7.64. The normalized spacial score (nSPS) is 27.9. The van der Waals surface area contributed by atoms with E-state index in [2.05, 4.69) is 10.3 Å². The standard InChI is InChI=1S/C13H17N3O3S/c1-7-6-20-11(15-7)5-14-13(19)16-8-2-3-10(16)9(4-8)12(17)18/h6,8-10H,2-5H2,1H3,(H,14,19)(H,17,18). The fraction of sp³-hybridized carbons (Fsp3) is 0.615. The van der Waals surface area contributed by atoms with E-state index < -0.39 is 11.9 Å². The van der Waals surface area contributed by atoms with E-state index >= 15 is 0 Å². The number of carboxylic acid groups (broad SMARTS) is 1. The number of carbonyl (C=O) groups excluding carboxylic acids is 1. The van der Waals surface area contributed by atoms with Crippen molar-refractivity contribution in [2.75, 3.05) is 0 Å². The van der Waals surface area contributed by atoms with E-state index in [9.17, 15) is 14.7 Å². The molecule has 7 heteroatoms. The Morgan fingerprint density at radius 3 is 2.95 bits per heavy atom. The van der Waals surface area contributed by atoms with Crippen LogP contribution in [0.1, 0.15) is 30.0 Å². The number of thiazole rings is 1. The van der Waals surface area contributed by atoms with E-state index in [4.69, 9.17) is 0 Å². The van der Waals surface area contributed by atoms with Gasteiger partial charge in [-0.3, -0.25) is 4.79 Å². The van der Waals surface area contributed by atoms with Crippen molar-refractivity contribution in [1.29, 1.82) is 0 Å². The molecule has 1 aromatic rings. The van der Waals surface area contributed by atoms with Crippen LogP contribution < -0.4 is 5.32 Å². The third kappa shape index (κ3) is 2.26. The van der Waals surface area contributed by atoms with Crippen LogP contribution in [0.5, 0.6) is 0 Å². The summed E-state index contributed by atoms with van der Waals surface area (Å²) in [5, 5.41) is 14.9. The minimum absolute atomic E-state index is 0.0825. The average Bonchev–Trinajstić information content (AvgIpc) is 3.09. The molecule has 108 valence electrons. The number of aliphatic carboxylic acids is 1. The van der Waals surface area contributed by atoms with Crippen LogP contribution in [0.25, 0.3) is 0 Å². The highest BCUT2D eigenvalue weighted by molar-refractivity contribution is 7.09. The Hall–Kier alpha value is -1.63. The molecule has 0 saturated carbocycles. The van der Waals surface area contributed by atoms with Crippen molar-refractivity contribution in [1.82, 2.24) is 15.2 Å². The summed E-state index contributed by atoms with van der Waals surface area (Å²) in [6, 6.07) is -0.219. The number of aromatic nitrogens is 1. The van der Waals surface area contributed by atoms with Crippen molar-refractivity contribution in [3.05, 3.63) is 16.1 Å². The lowest BCUT2D eigenvalue weighted by atomic mass is 9.89. The third-order valence-electron chi connectivity index (χ3n) is 4.15. The fourth-order valence-corrected chi connectivity index (χ4v) is 4.01. The number of nitrogens with zero attached hydrogens (tertiary/aromatic N) is 2. The van der Waals surface area contributed by atoms with Crippen LogP contribution in [0.3, 0.4) is 0 Å². The molecular weight excluding hydrogens is 278 g/mol. The minimum atomic E-state index is -0.787. The van der Waals surface area contributed by atoms with Crippen molar-refractivity contribution in [3.8, 4) is 0 Å². The number of hydrogen-bond acceptors (Lipinski definition) is 4. The summed E-state index contributed by atoms with van der Waals surface area (Å²) in [6.45, 7) is 2.32.